The SMILES string of the molecule is C[C@@H]1CCC[C@H](C)N1C(=O)CN(C)[C@H]1CC(=O)N(Cc2ccccc2)C1=O. The van der Waals surface area contributed by atoms with Crippen molar-refractivity contribution in [1.82, 2.24) is 14.7 Å². The number of rotatable bonds is 5. The van der Waals surface area contributed by atoms with Crippen LogP contribution in [0.4, 0.5) is 0 Å². The molecule has 1 aromatic carbocycles. The van der Waals surface area contributed by atoms with Gasteiger partial charge in [0.2, 0.25) is 17.7 Å². The lowest BCUT2D eigenvalue weighted by atomic mass is 9.97. The van der Waals surface area contributed by atoms with Crippen LogP contribution in [0.15, 0.2) is 30.3 Å². The molecule has 2 aliphatic rings. The number of hydrogen-bond donors (Lipinski definition) is 0. The molecule has 3 rings (SSSR count). The van der Waals surface area contributed by atoms with Crippen LogP contribution in [-0.2, 0) is 20.9 Å². The van der Waals surface area contributed by atoms with Crippen LogP contribution in [0, 0.1) is 0 Å². The topological polar surface area (TPSA) is 60.9 Å². The quantitative estimate of drug-likeness (QED) is 0.743. The average molecular weight is 371 g/mol. The highest BCUT2D eigenvalue weighted by molar-refractivity contribution is 6.05. The highest BCUT2D eigenvalue weighted by atomic mass is 16.2. The van der Waals surface area contributed by atoms with Gasteiger partial charge >= 0.3 is 0 Å². The molecule has 2 saturated heterocycles. The van der Waals surface area contributed by atoms with E-state index in [4.69, 9.17) is 0 Å². The zero-order chi connectivity index (χ0) is 19.6. The maximum atomic E-state index is 12.8. The van der Waals surface area contributed by atoms with E-state index in [-0.39, 0.29) is 49.3 Å². The van der Waals surface area contributed by atoms with Gasteiger partial charge in [0.05, 0.1) is 25.6 Å². The molecule has 0 saturated carbocycles. The number of amides is 3. The minimum absolute atomic E-state index is 0.0407. The van der Waals surface area contributed by atoms with Gasteiger partial charge in [0, 0.05) is 12.1 Å². The van der Waals surface area contributed by atoms with Gasteiger partial charge in [0.15, 0.2) is 0 Å². The number of likely N-dealkylation sites (tertiary alicyclic amines) is 2. The monoisotopic (exact) mass is 371 g/mol. The molecule has 3 amide bonds. The molecule has 0 radical (unpaired) electrons. The minimum Gasteiger partial charge on any atom is -0.336 e. The fourth-order valence-corrected chi connectivity index (χ4v) is 4.26. The molecule has 0 bridgehead atoms. The maximum Gasteiger partial charge on any atom is 0.247 e. The van der Waals surface area contributed by atoms with Crippen molar-refractivity contribution in [3.63, 3.8) is 0 Å². The van der Waals surface area contributed by atoms with E-state index < -0.39 is 6.04 Å². The molecule has 0 aliphatic carbocycles. The van der Waals surface area contributed by atoms with Crippen molar-refractivity contribution in [3.05, 3.63) is 35.9 Å². The number of benzene rings is 1. The van der Waals surface area contributed by atoms with E-state index in [1.54, 1.807) is 11.9 Å². The first-order valence-electron chi connectivity index (χ1n) is 9.78. The summed E-state index contributed by atoms with van der Waals surface area (Å²) in [7, 11) is 1.76. The molecule has 0 aromatic heterocycles. The fourth-order valence-electron chi connectivity index (χ4n) is 4.26. The van der Waals surface area contributed by atoms with Crippen LogP contribution in [0.1, 0.15) is 45.1 Å². The molecule has 6 nitrogen and oxygen atoms in total. The normalized spacial score (nSPS) is 26.1. The molecule has 1 aromatic rings. The first-order chi connectivity index (χ1) is 12.9. The maximum absolute atomic E-state index is 12.8. The molecule has 2 heterocycles. The molecule has 146 valence electrons. The second kappa shape index (κ2) is 8.21. The molecule has 0 N–H and O–H groups in total. The summed E-state index contributed by atoms with van der Waals surface area (Å²) < 4.78 is 0. The Kier molecular flexibility index (Phi) is 5.95. The third-order valence-corrected chi connectivity index (χ3v) is 5.80. The summed E-state index contributed by atoms with van der Waals surface area (Å²) in [6.07, 6.45) is 3.32. The number of hydrogen-bond acceptors (Lipinski definition) is 4. The Labute approximate surface area is 161 Å². The van der Waals surface area contributed by atoms with Crippen molar-refractivity contribution >= 4 is 17.7 Å². The highest BCUT2D eigenvalue weighted by Gasteiger charge is 2.41. The van der Waals surface area contributed by atoms with Crippen LogP contribution < -0.4 is 0 Å². The lowest BCUT2D eigenvalue weighted by molar-refractivity contribution is -0.141. The van der Waals surface area contributed by atoms with Gasteiger partial charge in [-0.15, -0.1) is 0 Å². The van der Waals surface area contributed by atoms with E-state index in [2.05, 4.69) is 13.8 Å². The largest absolute Gasteiger partial charge is 0.336 e. The van der Waals surface area contributed by atoms with Crippen LogP contribution in [-0.4, -0.2) is 64.1 Å². The number of carbonyl (C=O) groups is 3. The summed E-state index contributed by atoms with van der Waals surface area (Å²) in [5.74, 6) is -0.342. The molecule has 2 fully saturated rings. The zero-order valence-electron chi connectivity index (χ0n) is 16.4. The molecule has 27 heavy (non-hydrogen) atoms. The van der Waals surface area contributed by atoms with Gasteiger partial charge in [-0.05, 0) is 45.7 Å². The Balaban J connectivity index is 1.63. The van der Waals surface area contributed by atoms with Gasteiger partial charge in [0.1, 0.15) is 0 Å². The Bertz CT molecular complexity index is 696. The van der Waals surface area contributed by atoms with Gasteiger partial charge < -0.3 is 4.90 Å². The Morgan fingerprint density at radius 1 is 1.11 bits per heavy atom. The number of imide groups is 1. The average Bonchev–Trinajstić information content (AvgIpc) is 2.91. The van der Waals surface area contributed by atoms with Crippen molar-refractivity contribution in [2.24, 2.45) is 0 Å². The van der Waals surface area contributed by atoms with E-state index in [1.807, 2.05) is 35.2 Å². The molecule has 0 unspecified atom stereocenters. The van der Waals surface area contributed by atoms with Crippen molar-refractivity contribution in [2.45, 2.75) is 64.2 Å². The van der Waals surface area contributed by atoms with Crippen molar-refractivity contribution in [3.8, 4) is 0 Å². The predicted molar refractivity (Wildman–Crippen MR) is 103 cm³/mol. The van der Waals surface area contributed by atoms with Gasteiger partial charge in [-0.1, -0.05) is 30.3 Å². The third kappa shape index (κ3) is 4.21. The number of carbonyl (C=O) groups excluding carboxylic acids is 3. The minimum atomic E-state index is -0.555. The molecule has 3 atom stereocenters. The van der Waals surface area contributed by atoms with E-state index in [0.717, 1.165) is 24.8 Å². The van der Waals surface area contributed by atoms with Crippen molar-refractivity contribution in [2.75, 3.05) is 13.6 Å². The fraction of sp³-hybridized carbons (Fsp3) is 0.571. The molecule has 2 aliphatic heterocycles. The van der Waals surface area contributed by atoms with E-state index in [1.165, 1.54) is 4.90 Å². The Hall–Kier alpha value is -2.21. The summed E-state index contributed by atoms with van der Waals surface area (Å²) in [5.41, 5.74) is 0.926. The second-order valence-electron chi connectivity index (χ2n) is 7.87. The predicted octanol–water partition coefficient (Wildman–Crippen LogP) is 2.04. The molecular weight excluding hydrogens is 342 g/mol. The second-order valence-corrected chi connectivity index (χ2v) is 7.87. The van der Waals surface area contributed by atoms with Gasteiger partial charge in [0.25, 0.3) is 0 Å². The van der Waals surface area contributed by atoms with Gasteiger partial charge in [-0.3, -0.25) is 24.2 Å². The first kappa shape index (κ1) is 19.5. The third-order valence-electron chi connectivity index (χ3n) is 5.80. The summed E-state index contributed by atoms with van der Waals surface area (Å²) >= 11 is 0. The lowest BCUT2D eigenvalue weighted by Gasteiger charge is -2.40. The van der Waals surface area contributed by atoms with E-state index >= 15 is 0 Å². The van der Waals surface area contributed by atoms with Crippen molar-refractivity contribution < 1.29 is 14.4 Å². The van der Waals surface area contributed by atoms with Crippen molar-refractivity contribution in [1.29, 1.82) is 0 Å². The first-order valence-corrected chi connectivity index (χ1v) is 9.78. The van der Waals surface area contributed by atoms with E-state index in [0.29, 0.717) is 0 Å². The smallest absolute Gasteiger partial charge is 0.247 e. The molecule has 6 heteroatoms. The van der Waals surface area contributed by atoms with E-state index in [9.17, 15) is 14.4 Å². The van der Waals surface area contributed by atoms with Crippen LogP contribution in [0.3, 0.4) is 0 Å². The summed E-state index contributed by atoms with van der Waals surface area (Å²) in [5, 5.41) is 0. The Morgan fingerprint density at radius 2 is 1.74 bits per heavy atom. The lowest BCUT2D eigenvalue weighted by Crippen LogP contribution is -2.52. The number of likely N-dealkylation sites (N-methyl/N-ethyl adjacent to an activating group) is 1. The van der Waals surface area contributed by atoms with Crippen LogP contribution in [0.25, 0.3) is 0 Å². The van der Waals surface area contributed by atoms with Crippen LogP contribution in [0.5, 0.6) is 0 Å². The summed E-state index contributed by atoms with van der Waals surface area (Å²) in [6, 6.07) is 9.39. The number of nitrogens with zero attached hydrogens (tertiary/aromatic N) is 3. The molecule has 0 spiro atoms. The van der Waals surface area contributed by atoms with Crippen LogP contribution in [0.2, 0.25) is 0 Å². The zero-order valence-corrected chi connectivity index (χ0v) is 16.4. The van der Waals surface area contributed by atoms with Gasteiger partial charge in [-0.25, -0.2) is 0 Å². The molecular formula is C21H29N3O3. The Morgan fingerprint density at radius 3 is 2.37 bits per heavy atom. The van der Waals surface area contributed by atoms with Crippen LogP contribution >= 0.6 is 0 Å². The van der Waals surface area contributed by atoms with Gasteiger partial charge in [-0.2, -0.15) is 0 Å². The summed E-state index contributed by atoms with van der Waals surface area (Å²) in [6.45, 7) is 4.62. The standard InChI is InChI=1S/C21H29N3O3/c1-15-8-7-9-16(2)24(15)20(26)14-22(3)18-12-19(25)23(21(18)27)13-17-10-5-4-6-11-17/h4-6,10-11,15-16,18H,7-9,12-14H2,1-3H3/t15-,16+,18-/m0/s1. The highest BCUT2D eigenvalue weighted by Crippen LogP contribution is 2.24. The summed E-state index contributed by atoms with van der Waals surface area (Å²) in [4.78, 5) is 43.0. The number of piperidine rings is 1.